The summed E-state index contributed by atoms with van der Waals surface area (Å²) < 4.78 is 0. The van der Waals surface area contributed by atoms with Crippen LogP contribution in [-0.2, 0) is 4.79 Å². The van der Waals surface area contributed by atoms with E-state index in [1.165, 1.54) is 17.7 Å². The highest BCUT2D eigenvalue weighted by Gasteiger charge is 2.47. The average molecular weight is 280 g/mol. The van der Waals surface area contributed by atoms with Gasteiger partial charge in [-0.3, -0.25) is 10.1 Å². The summed E-state index contributed by atoms with van der Waals surface area (Å²) >= 11 is 1.72. The Bertz CT molecular complexity index is 418. The predicted molar refractivity (Wildman–Crippen MR) is 80.1 cm³/mol. The van der Waals surface area contributed by atoms with E-state index < -0.39 is 5.54 Å². The molecule has 2 atom stereocenters. The number of nitrogens with one attached hydrogen (secondary N) is 1. The van der Waals surface area contributed by atoms with Gasteiger partial charge in [0.05, 0.1) is 5.54 Å². The van der Waals surface area contributed by atoms with Crippen molar-refractivity contribution < 1.29 is 4.79 Å². The molecule has 0 spiro atoms. The quantitative estimate of drug-likeness (QED) is 0.808. The minimum Gasteiger partial charge on any atom is -0.320 e. The molecule has 106 valence electrons. The highest BCUT2D eigenvalue weighted by Crippen LogP contribution is 2.34. The highest BCUT2D eigenvalue weighted by molar-refractivity contribution is 7.10. The SMILES string of the molecule is CCCCCN1C(=O)C(C)(CC)NC1c1cccs1. The Morgan fingerprint density at radius 3 is 2.79 bits per heavy atom. The van der Waals surface area contributed by atoms with Gasteiger partial charge < -0.3 is 4.90 Å². The number of nitrogens with zero attached hydrogens (tertiary/aromatic N) is 1. The smallest absolute Gasteiger partial charge is 0.244 e. The molecular formula is C15H24N2OS. The van der Waals surface area contributed by atoms with Crippen LogP contribution in [0, 0.1) is 0 Å². The molecule has 1 aromatic rings. The third-order valence-corrected chi connectivity index (χ3v) is 4.95. The van der Waals surface area contributed by atoms with Crippen molar-refractivity contribution in [3.8, 4) is 0 Å². The van der Waals surface area contributed by atoms with Crippen LogP contribution in [0.1, 0.15) is 57.5 Å². The molecular weight excluding hydrogens is 256 g/mol. The molecule has 0 bridgehead atoms. The molecule has 1 aromatic heterocycles. The fourth-order valence-electron chi connectivity index (χ4n) is 2.56. The molecule has 3 nitrogen and oxygen atoms in total. The number of amides is 1. The van der Waals surface area contributed by atoms with Gasteiger partial charge in [-0.25, -0.2) is 0 Å². The van der Waals surface area contributed by atoms with E-state index in [9.17, 15) is 4.79 Å². The van der Waals surface area contributed by atoms with Gasteiger partial charge in [0.2, 0.25) is 5.91 Å². The number of hydrogen-bond donors (Lipinski definition) is 1. The first-order valence-electron chi connectivity index (χ1n) is 7.24. The normalized spacial score (nSPS) is 27.2. The Morgan fingerprint density at radius 1 is 1.42 bits per heavy atom. The maximum absolute atomic E-state index is 12.6. The third-order valence-electron chi connectivity index (χ3n) is 4.02. The lowest BCUT2D eigenvalue weighted by molar-refractivity contribution is -0.133. The van der Waals surface area contributed by atoms with E-state index in [0.717, 1.165) is 19.4 Å². The van der Waals surface area contributed by atoms with Gasteiger partial charge in [-0.15, -0.1) is 11.3 Å². The molecule has 0 aromatic carbocycles. The molecule has 2 heterocycles. The molecule has 0 radical (unpaired) electrons. The van der Waals surface area contributed by atoms with Crippen LogP contribution in [0.2, 0.25) is 0 Å². The van der Waals surface area contributed by atoms with Gasteiger partial charge in [0.1, 0.15) is 6.17 Å². The molecule has 0 aliphatic carbocycles. The Morgan fingerprint density at radius 2 is 2.21 bits per heavy atom. The van der Waals surface area contributed by atoms with Crippen LogP contribution < -0.4 is 5.32 Å². The minimum atomic E-state index is -0.402. The molecule has 1 N–H and O–H groups in total. The van der Waals surface area contributed by atoms with Crippen molar-refractivity contribution in [3.63, 3.8) is 0 Å². The number of thiophene rings is 1. The largest absolute Gasteiger partial charge is 0.320 e. The van der Waals surface area contributed by atoms with Gasteiger partial charge in [0.15, 0.2) is 0 Å². The Balaban J connectivity index is 2.17. The summed E-state index contributed by atoms with van der Waals surface area (Å²) in [5.74, 6) is 0.254. The Kier molecular flexibility index (Phi) is 4.63. The maximum Gasteiger partial charge on any atom is 0.244 e. The second-order valence-electron chi connectivity index (χ2n) is 5.45. The van der Waals surface area contributed by atoms with Gasteiger partial charge in [0, 0.05) is 11.4 Å². The third kappa shape index (κ3) is 2.84. The molecule has 2 unspecified atom stereocenters. The second kappa shape index (κ2) is 6.06. The number of carbonyl (C=O) groups is 1. The maximum atomic E-state index is 12.6. The zero-order valence-electron chi connectivity index (χ0n) is 12.1. The van der Waals surface area contributed by atoms with Crippen LogP contribution in [0.15, 0.2) is 17.5 Å². The van der Waals surface area contributed by atoms with Crippen LogP contribution in [0.25, 0.3) is 0 Å². The molecule has 1 aliphatic rings. The average Bonchev–Trinajstić information content (AvgIpc) is 3.01. The lowest BCUT2D eigenvalue weighted by Gasteiger charge is -2.23. The van der Waals surface area contributed by atoms with Crippen molar-refractivity contribution in [2.45, 2.75) is 58.2 Å². The van der Waals surface area contributed by atoms with E-state index in [4.69, 9.17) is 0 Å². The molecule has 2 rings (SSSR count). The van der Waals surface area contributed by atoms with Crippen molar-refractivity contribution in [2.24, 2.45) is 0 Å². The van der Waals surface area contributed by atoms with Crippen molar-refractivity contribution in [1.82, 2.24) is 10.2 Å². The van der Waals surface area contributed by atoms with E-state index in [-0.39, 0.29) is 12.1 Å². The zero-order chi connectivity index (χ0) is 13.9. The minimum absolute atomic E-state index is 0.0642. The van der Waals surface area contributed by atoms with Crippen molar-refractivity contribution >= 4 is 17.2 Å². The van der Waals surface area contributed by atoms with E-state index in [0.29, 0.717) is 0 Å². The first-order valence-corrected chi connectivity index (χ1v) is 8.12. The lowest BCUT2D eigenvalue weighted by atomic mass is 9.99. The predicted octanol–water partition coefficient (Wildman–Crippen LogP) is 3.54. The number of hydrogen-bond acceptors (Lipinski definition) is 3. The highest BCUT2D eigenvalue weighted by atomic mass is 32.1. The van der Waals surface area contributed by atoms with E-state index >= 15 is 0 Å². The Labute approximate surface area is 120 Å². The van der Waals surface area contributed by atoms with Gasteiger partial charge in [-0.2, -0.15) is 0 Å². The zero-order valence-corrected chi connectivity index (χ0v) is 12.9. The van der Waals surface area contributed by atoms with Gasteiger partial charge >= 0.3 is 0 Å². The molecule has 1 amide bonds. The summed E-state index contributed by atoms with van der Waals surface area (Å²) in [6.45, 7) is 7.15. The topological polar surface area (TPSA) is 32.3 Å². The standard InChI is InChI=1S/C15H24N2OS/c1-4-6-7-10-17-13(12-9-8-11-19-12)16-15(3,5-2)14(17)18/h8-9,11,13,16H,4-7,10H2,1-3H3. The van der Waals surface area contributed by atoms with Crippen molar-refractivity contribution in [1.29, 1.82) is 0 Å². The first kappa shape index (κ1) is 14.5. The van der Waals surface area contributed by atoms with Crippen LogP contribution in [0.5, 0.6) is 0 Å². The molecule has 4 heteroatoms. The van der Waals surface area contributed by atoms with E-state index in [2.05, 4.69) is 36.7 Å². The summed E-state index contributed by atoms with van der Waals surface area (Å²) in [6.07, 6.45) is 4.35. The summed E-state index contributed by atoms with van der Waals surface area (Å²) in [6, 6.07) is 4.17. The summed E-state index contributed by atoms with van der Waals surface area (Å²) in [4.78, 5) is 15.9. The van der Waals surface area contributed by atoms with Crippen molar-refractivity contribution in [3.05, 3.63) is 22.4 Å². The van der Waals surface area contributed by atoms with E-state index in [1.807, 2.05) is 11.8 Å². The Hall–Kier alpha value is -0.870. The fraction of sp³-hybridized carbons (Fsp3) is 0.667. The van der Waals surface area contributed by atoms with E-state index in [1.54, 1.807) is 11.3 Å². The van der Waals surface area contributed by atoms with Gasteiger partial charge in [0.25, 0.3) is 0 Å². The summed E-state index contributed by atoms with van der Waals surface area (Å²) in [5.41, 5.74) is -0.402. The number of carbonyl (C=O) groups excluding carboxylic acids is 1. The first-order chi connectivity index (χ1) is 9.12. The molecule has 1 fully saturated rings. The van der Waals surface area contributed by atoms with Crippen LogP contribution in [0.3, 0.4) is 0 Å². The lowest BCUT2D eigenvalue weighted by Crippen LogP contribution is -2.43. The molecule has 1 aliphatic heterocycles. The van der Waals surface area contributed by atoms with Crippen LogP contribution >= 0.6 is 11.3 Å². The molecule has 1 saturated heterocycles. The van der Waals surface area contributed by atoms with Gasteiger partial charge in [-0.1, -0.05) is 32.8 Å². The summed E-state index contributed by atoms with van der Waals surface area (Å²) in [5, 5.41) is 5.61. The van der Waals surface area contributed by atoms with Crippen LogP contribution in [0.4, 0.5) is 0 Å². The fourth-order valence-corrected chi connectivity index (χ4v) is 3.35. The van der Waals surface area contributed by atoms with Crippen LogP contribution in [-0.4, -0.2) is 22.9 Å². The molecule has 0 saturated carbocycles. The second-order valence-corrected chi connectivity index (χ2v) is 6.43. The van der Waals surface area contributed by atoms with Crippen molar-refractivity contribution in [2.75, 3.05) is 6.54 Å². The molecule has 19 heavy (non-hydrogen) atoms. The monoisotopic (exact) mass is 280 g/mol. The summed E-state index contributed by atoms with van der Waals surface area (Å²) in [7, 11) is 0. The number of rotatable bonds is 6. The number of unbranched alkanes of at least 4 members (excludes halogenated alkanes) is 2. The van der Waals surface area contributed by atoms with Gasteiger partial charge in [-0.05, 0) is 31.2 Å².